The SMILES string of the molecule is [CH2]C(O)C(NC)C(O)C(O)CO. The zero-order valence-electron chi connectivity index (χ0n) is 7.01. The van der Waals surface area contributed by atoms with Crippen molar-refractivity contribution in [2.75, 3.05) is 13.7 Å². The fourth-order valence-electron chi connectivity index (χ4n) is 0.938. The van der Waals surface area contributed by atoms with Gasteiger partial charge in [-0.1, -0.05) is 0 Å². The molecule has 4 unspecified atom stereocenters. The zero-order valence-corrected chi connectivity index (χ0v) is 7.01. The third-order valence-electron chi connectivity index (χ3n) is 1.70. The Morgan fingerprint density at radius 2 is 1.83 bits per heavy atom. The minimum atomic E-state index is -1.26. The molecule has 0 aliphatic heterocycles. The van der Waals surface area contributed by atoms with Crippen molar-refractivity contribution >= 4 is 0 Å². The fourth-order valence-corrected chi connectivity index (χ4v) is 0.938. The Labute approximate surface area is 71.7 Å². The van der Waals surface area contributed by atoms with E-state index in [0.29, 0.717) is 0 Å². The maximum atomic E-state index is 9.28. The molecule has 0 aliphatic rings. The van der Waals surface area contributed by atoms with Crippen LogP contribution in [0.15, 0.2) is 0 Å². The predicted molar refractivity (Wildman–Crippen MR) is 43.3 cm³/mol. The molecule has 5 nitrogen and oxygen atoms in total. The lowest BCUT2D eigenvalue weighted by atomic mass is 10.0. The van der Waals surface area contributed by atoms with Crippen molar-refractivity contribution in [2.45, 2.75) is 24.4 Å². The van der Waals surface area contributed by atoms with Gasteiger partial charge in [-0.15, -0.1) is 0 Å². The first kappa shape index (κ1) is 11.8. The average Bonchev–Trinajstić information content (AvgIpc) is 2.03. The number of likely N-dealkylation sites (N-methyl/N-ethyl adjacent to an activating group) is 1. The molecule has 0 saturated carbocycles. The minimum Gasteiger partial charge on any atom is -0.394 e. The van der Waals surface area contributed by atoms with Crippen LogP contribution < -0.4 is 5.32 Å². The van der Waals surface area contributed by atoms with Gasteiger partial charge < -0.3 is 25.7 Å². The summed E-state index contributed by atoms with van der Waals surface area (Å²) in [6.07, 6.45) is -3.53. The van der Waals surface area contributed by atoms with Crippen molar-refractivity contribution in [2.24, 2.45) is 0 Å². The maximum absolute atomic E-state index is 9.28. The Bertz CT molecular complexity index is 120. The molecule has 0 aliphatic carbocycles. The third-order valence-corrected chi connectivity index (χ3v) is 1.70. The molecule has 0 aromatic heterocycles. The van der Waals surface area contributed by atoms with Crippen LogP contribution in [-0.2, 0) is 0 Å². The van der Waals surface area contributed by atoms with Crippen LogP contribution in [0.1, 0.15) is 0 Å². The molecule has 0 spiro atoms. The van der Waals surface area contributed by atoms with Crippen LogP contribution in [0.25, 0.3) is 0 Å². The number of hydrogen-bond donors (Lipinski definition) is 5. The van der Waals surface area contributed by atoms with E-state index in [0.717, 1.165) is 0 Å². The third kappa shape index (κ3) is 3.04. The van der Waals surface area contributed by atoms with Crippen molar-refractivity contribution in [3.8, 4) is 0 Å². The van der Waals surface area contributed by atoms with Crippen LogP contribution in [0.2, 0.25) is 0 Å². The van der Waals surface area contributed by atoms with Crippen LogP contribution in [0.4, 0.5) is 0 Å². The van der Waals surface area contributed by atoms with Gasteiger partial charge in [0.25, 0.3) is 0 Å². The molecule has 0 heterocycles. The average molecular weight is 178 g/mol. The van der Waals surface area contributed by atoms with Crippen LogP contribution in [0, 0.1) is 6.92 Å². The molecule has 73 valence electrons. The first-order chi connectivity index (χ1) is 5.54. The van der Waals surface area contributed by atoms with Crippen molar-refractivity contribution in [1.29, 1.82) is 0 Å². The van der Waals surface area contributed by atoms with E-state index in [1.54, 1.807) is 0 Å². The first-order valence-corrected chi connectivity index (χ1v) is 3.70. The Kier molecular flexibility index (Phi) is 5.36. The molecular formula is C7H16NO4. The van der Waals surface area contributed by atoms with E-state index in [4.69, 9.17) is 15.3 Å². The van der Waals surface area contributed by atoms with Crippen molar-refractivity contribution in [3.05, 3.63) is 6.92 Å². The van der Waals surface area contributed by atoms with Gasteiger partial charge in [0, 0.05) is 0 Å². The van der Waals surface area contributed by atoms with Gasteiger partial charge in [-0.2, -0.15) is 0 Å². The minimum absolute atomic E-state index is 0.550. The predicted octanol–water partition coefficient (Wildman–Crippen LogP) is -2.52. The molecule has 5 heteroatoms. The summed E-state index contributed by atoms with van der Waals surface area (Å²) in [4.78, 5) is 0. The maximum Gasteiger partial charge on any atom is 0.104 e. The van der Waals surface area contributed by atoms with Gasteiger partial charge in [0.1, 0.15) is 6.10 Å². The molecule has 0 bridgehead atoms. The smallest absolute Gasteiger partial charge is 0.104 e. The second-order valence-corrected chi connectivity index (χ2v) is 2.62. The van der Waals surface area contributed by atoms with E-state index in [1.165, 1.54) is 7.05 Å². The topological polar surface area (TPSA) is 93.0 Å². The molecule has 0 saturated heterocycles. The second-order valence-electron chi connectivity index (χ2n) is 2.62. The quantitative estimate of drug-likeness (QED) is 0.320. The van der Waals surface area contributed by atoms with Gasteiger partial charge in [-0.25, -0.2) is 0 Å². The number of aliphatic hydroxyl groups excluding tert-OH is 4. The number of hydrogen-bond acceptors (Lipinski definition) is 5. The molecular weight excluding hydrogens is 162 g/mol. The highest BCUT2D eigenvalue weighted by Gasteiger charge is 2.27. The summed E-state index contributed by atoms with van der Waals surface area (Å²) in [5, 5.41) is 38.3. The lowest BCUT2D eigenvalue weighted by Gasteiger charge is -2.27. The highest BCUT2D eigenvalue weighted by molar-refractivity contribution is 4.86. The monoisotopic (exact) mass is 178 g/mol. The Morgan fingerprint density at radius 3 is 2.08 bits per heavy atom. The van der Waals surface area contributed by atoms with Gasteiger partial charge in [0.2, 0.25) is 0 Å². The van der Waals surface area contributed by atoms with E-state index in [9.17, 15) is 5.11 Å². The molecule has 1 radical (unpaired) electrons. The molecule has 0 fully saturated rings. The van der Waals surface area contributed by atoms with Crippen LogP contribution in [0.5, 0.6) is 0 Å². The molecule has 0 rings (SSSR count). The number of rotatable bonds is 5. The van der Waals surface area contributed by atoms with Crippen molar-refractivity contribution < 1.29 is 20.4 Å². The largest absolute Gasteiger partial charge is 0.394 e. The molecule has 5 N–H and O–H groups in total. The van der Waals surface area contributed by atoms with E-state index in [-0.39, 0.29) is 0 Å². The highest BCUT2D eigenvalue weighted by atomic mass is 16.4. The van der Waals surface area contributed by atoms with Gasteiger partial charge in [-0.05, 0) is 14.0 Å². The molecule has 0 aromatic carbocycles. The standard InChI is InChI=1S/C7H16NO4/c1-4(10)6(8-2)7(12)5(11)3-9/h4-12H,1,3H2,2H3. The van der Waals surface area contributed by atoms with E-state index >= 15 is 0 Å². The summed E-state index contributed by atoms with van der Waals surface area (Å²) in [6, 6.07) is -0.743. The van der Waals surface area contributed by atoms with Crippen LogP contribution in [-0.4, -0.2) is 58.4 Å². The summed E-state index contributed by atoms with van der Waals surface area (Å²) in [7, 11) is 1.52. The lowest BCUT2D eigenvalue weighted by molar-refractivity contribution is -0.0491. The number of aliphatic hydroxyl groups is 4. The fraction of sp³-hybridized carbons (Fsp3) is 0.857. The van der Waals surface area contributed by atoms with Gasteiger partial charge >= 0.3 is 0 Å². The van der Waals surface area contributed by atoms with Gasteiger partial charge in [-0.3, -0.25) is 0 Å². The summed E-state index contributed by atoms with van der Waals surface area (Å²) in [6.45, 7) is 2.74. The summed E-state index contributed by atoms with van der Waals surface area (Å²) in [5.74, 6) is 0. The first-order valence-electron chi connectivity index (χ1n) is 3.70. The molecule has 12 heavy (non-hydrogen) atoms. The van der Waals surface area contributed by atoms with Crippen LogP contribution in [0.3, 0.4) is 0 Å². The van der Waals surface area contributed by atoms with Gasteiger partial charge in [0.15, 0.2) is 0 Å². The lowest BCUT2D eigenvalue weighted by Crippen LogP contribution is -2.51. The summed E-state index contributed by atoms with van der Waals surface area (Å²) >= 11 is 0. The highest BCUT2D eigenvalue weighted by Crippen LogP contribution is 2.03. The molecule has 0 aromatic rings. The molecule has 0 amide bonds. The van der Waals surface area contributed by atoms with Crippen molar-refractivity contribution in [1.82, 2.24) is 5.32 Å². The van der Waals surface area contributed by atoms with Crippen molar-refractivity contribution in [3.63, 3.8) is 0 Å². The zero-order chi connectivity index (χ0) is 9.72. The Morgan fingerprint density at radius 1 is 1.33 bits per heavy atom. The van der Waals surface area contributed by atoms with Crippen LogP contribution >= 0.6 is 0 Å². The van der Waals surface area contributed by atoms with E-state index in [1.807, 2.05) is 0 Å². The van der Waals surface area contributed by atoms with E-state index < -0.39 is 31.0 Å². The normalized spacial score (nSPS) is 21.5. The Hall–Kier alpha value is -0.200. The number of nitrogens with one attached hydrogen (secondary N) is 1. The second kappa shape index (κ2) is 5.45. The molecule has 4 atom stereocenters. The Balaban J connectivity index is 4.10. The van der Waals surface area contributed by atoms with E-state index in [2.05, 4.69) is 12.2 Å². The summed E-state index contributed by atoms with van der Waals surface area (Å²) in [5.41, 5.74) is 0. The summed E-state index contributed by atoms with van der Waals surface area (Å²) < 4.78 is 0. The van der Waals surface area contributed by atoms with Gasteiger partial charge in [0.05, 0.1) is 24.9 Å².